The first kappa shape index (κ1) is 13.0. The molecule has 2 aliphatic heterocycles. The van der Waals surface area contributed by atoms with E-state index in [1.54, 1.807) is 0 Å². The van der Waals surface area contributed by atoms with Crippen molar-refractivity contribution in [1.82, 2.24) is 14.6 Å². The van der Waals surface area contributed by atoms with Crippen LogP contribution >= 0.6 is 0 Å². The molecular weight excluding hydrogens is 269 g/mol. The third kappa shape index (κ3) is 2.37. The van der Waals surface area contributed by atoms with E-state index < -0.39 is 15.8 Å². The van der Waals surface area contributed by atoms with E-state index in [9.17, 15) is 12.8 Å². The molecule has 0 saturated carbocycles. The minimum Gasteiger partial charge on any atom is -0.312 e. The van der Waals surface area contributed by atoms with E-state index in [0.29, 0.717) is 19.0 Å². The highest BCUT2D eigenvalue weighted by atomic mass is 32.2. The summed E-state index contributed by atoms with van der Waals surface area (Å²) in [6.45, 7) is 1.91. The van der Waals surface area contributed by atoms with Crippen LogP contribution in [0.15, 0.2) is 23.4 Å². The van der Waals surface area contributed by atoms with Crippen LogP contribution in [-0.4, -0.2) is 43.4 Å². The first-order valence-corrected chi connectivity index (χ1v) is 7.85. The Labute approximate surface area is 111 Å². The number of nitrogens with zero attached hydrogens (tertiary/aromatic N) is 2. The summed E-state index contributed by atoms with van der Waals surface area (Å²) in [4.78, 5) is 3.55. The average molecular weight is 285 g/mol. The first-order chi connectivity index (χ1) is 9.07. The molecule has 0 radical (unpaired) electrons. The second-order valence-corrected chi connectivity index (χ2v) is 7.06. The largest absolute Gasteiger partial charge is 0.312 e. The summed E-state index contributed by atoms with van der Waals surface area (Å²) in [6, 6.07) is 1.25. The highest BCUT2D eigenvalue weighted by Crippen LogP contribution is 2.29. The Morgan fingerprint density at radius 1 is 1.37 bits per heavy atom. The summed E-state index contributed by atoms with van der Waals surface area (Å²) in [6.07, 6.45) is 4.33. The minimum atomic E-state index is -3.63. The molecule has 2 fully saturated rings. The zero-order valence-corrected chi connectivity index (χ0v) is 11.2. The molecule has 2 aliphatic rings. The van der Waals surface area contributed by atoms with Gasteiger partial charge in [-0.2, -0.15) is 4.31 Å². The number of hydrogen-bond acceptors (Lipinski definition) is 4. The molecule has 2 unspecified atom stereocenters. The van der Waals surface area contributed by atoms with Crippen LogP contribution in [0.2, 0.25) is 0 Å². The highest BCUT2D eigenvalue weighted by molar-refractivity contribution is 7.89. The molecule has 0 aromatic carbocycles. The number of piperidine rings is 1. The second kappa shape index (κ2) is 4.81. The summed E-state index contributed by atoms with van der Waals surface area (Å²) in [7, 11) is -3.63. The van der Waals surface area contributed by atoms with Gasteiger partial charge in [0.2, 0.25) is 10.0 Å². The molecule has 2 saturated heterocycles. The molecule has 7 heteroatoms. The Bertz CT molecular complexity index is 564. The van der Waals surface area contributed by atoms with E-state index in [0.717, 1.165) is 31.6 Å². The Hall–Kier alpha value is -1.05. The zero-order chi connectivity index (χ0) is 13.5. The van der Waals surface area contributed by atoms with Crippen LogP contribution in [-0.2, 0) is 10.0 Å². The molecule has 2 atom stereocenters. The van der Waals surface area contributed by atoms with E-state index in [1.165, 1.54) is 10.5 Å². The van der Waals surface area contributed by atoms with E-state index >= 15 is 0 Å². The first-order valence-electron chi connectivity index (χ1n) is 6.41. The van der Waals surface area contributed by atoms with Crippen LogP contribution in [0.5, 0.6) is 0 Å². The molecule has 0 amide bonds. The van der Waals surface area contributed by atoms with E-state index in [2.05, 4.69) is 10.3 Å². The maximum absolute atomic E-state index is 13.1. The number of pyridine rings is 1. The molecule has 1 N–H and O–H groups in total. The highest BCUT2D eigenvalue weighted by Gasteiger charge is 2.40. The van der Waals surface area contributed by atoms with Gasteiger partial charge in [-0.25, -0.2) is 12.8 Å². The number of halogens is 1. The average Bonchev–Trinajstić information content (AvgIpc) is 2.83. The summed E-state index contributed by atoms with van der Waals surface area (Å²) in [5.74, 6) is -0.263. The van der Waals surface area contributed by atoms with Gasteiger partial charge >= 0.3 is 0 Å². The number of sulfonamides is 1. The van der Waals surface area contributed by atoms with Gasteiger partial charge in [0.25, 0.3) is 0 Å². The van der Waals surface area contributed by atoms with Crippen molar-refractivity contribution in [3.8, 4) is 0 Å². The van der Waals surface area contributed by atoms with Gasteiger partial charge in [0.05, 0.1) is 6.20 Å². The summed E-state index contributed by atoms with van der Waals surface area (Å²) in [5, 5.41) is 3.35. The van der Waals surface area contributed by atoms with Crippen LogP contribution in [0.25, 0.3) is 0 Å². The third-order valence-electron chi connectivity index (χ3n) is 3.88. The molecule has 0 spiro atoms. The number of aromatic nitrogens is 1. The van der Waals surface area contributed by atoms with Gasteiger partial charge in [0.1, 0.15) is 10.7 Å². The summed E-state index contributed by atoms with van der Waals surface area (Å²) < 4.78 is 39.4. The van der Waals surface area contributed by atoms with Crippen LogP contribution in [0.1, 0.15) is 12.8 Å². The lowest BCUT2D eigenvalue weighted by Crippen LogP contribution is -2.41. The molecule has 19 heavy (non-hydrogen) atoms. The minimum absolute atomic E-state index is 0.0638. The lowest BCUT2D eigenvalue weighted by Gasteiger charge is -2.24. The van der Waals surface area contributed by atoms with E-state index in [1.807, 2.05) is 0 Å². The fourth-order valence-electron chi connectivity index (χ4n) is 2.89. The topological polar surface area (TPSA) is 62.3 Å². The van der Waals surface area contributed by atoms with Gasteiger partial charge < -0.3 is 5.32 Å². The maximum atomic E-state index is 13.1. The lowest BCUT2D eigenvalue weighted by atomic mass is 9.94. The monoisotopic (exact) mass is 285 g/mol. The fraction of sp³-hybridized carbons (Fsp3) is 0.583. The SMILES string of the molecule is O=S(=O)(c1cncc(F)c1)N1CC2CCCNC2C1. The summed E-state index contributed by atoms with van der Waals surface area (Å²) >= 11 is 0. The number of hydrogen-bond donors (Lipinski definition) is 1. The van der Waals surface area contributed by atoms with Crippen LogP contribution < -0.4 is 5.32 Å². The quantitative estimate of drug-likeness (QED) is 0.864. The van der Waals surface area contributed by atoms with Crippen LogP contribution in [0, 0.1) is 11.7 Å². The standard InChI is InChI=1S/C12H16FN3O2S/c13-10-4-11(6-14-5-10)19(17,18)16-7-9-2-1-3-15-12(9)8-16/h4-6,9,12,15H,1-3,7-8H2. The molecule has 1 aromatic rings. The summed E-state index contributed by atoms with van der Waals surface area (Å²) in [5.41, 5.74) is 0. The van der Waals surface area contributed by atoms with Gasteiger partial charge in [0.15, 0.2) is 0 Å². The van der Waals surface area contributed by atoms with Gasteiger partial charge in [-0.15, -0.1) is 0 Å². The predicted molar refractivity (Wildman–Crippen MR) is 67.5 cm³/mol. The van der Waals surface area contributed by atoms with Gasteiger partial charge in [-0.1, -0.05) is 0 Å². The molecule has 1 aromatic heterocycles. The van der Waals surface area contributed by atoms with Gasteiger partial charge in [-0.3, -0.25) is 4.98 Å². The molecule has 3 rings (SSSR count). The molecule has 0 bridgehead atoms. The van der Waals surface area contributed by atoms with Gasteiger partial charge in [0, 0.05) is 25.3 Å². The Morgan fingerprint density at radius 2 is 2.21 bits per heavy atom. The van der Waals surface area contributed by atoms with E-state index in [4.69, 9.17) is 0 Å². The maximum Gasteiger partial charge on any atom is 0.244 e. The number of fused-ring (bicyclic) bond motifs is 1. The Kier molecular flexibility index (Phi) is 3.28. The Balaban J connectivity index is 1.85. The predicted octanol–water partition coefficient (Wildman–Crippen LogP) is 0.593. The molecule has 3 heterocycles. The van der Waals surface area contributed by atoms with Crippen molar-refractivity contribution in [2.45, 2.75) is 23.8 Å². The zero-order valence-electron chi connectivity index (χ0n) is 10.4. The second-order valence-electron chi connectivity index (χ2n) is 5.12. The van der Waals surface area contributed by atoms with Crippen molar-refractivity contribution in [2.24, 2.45) is 5.92 Å². The Morgan fingerprint density at radius 3 is 2.95 bits per heavy atom. The van der Waals surface area contributed by atoms with Crippen molar-refractivity contribution in [1.29, 1.82) is 0 Å². The van der Waals surface area contributed by atoms with Crippen molar-refractivity contribution in [2.75, 3.05) is 19.6 Å². The van der Waals surface area contributed by atoms with Crippen molar-refractivity contribution in [3.63, 3.8) is 0 Å². The van der Waals surface area contributed by atoms with Crippen LogP contribution in [0.4, 0.5) is 4.39 Å². The number of rotatable bonds is 2. The number of nitrogens with one attached hydrogen (secondary N) is 1. The van der Waals surface area contributed by atoms with Crippen molar-refractivity contribution < 1.29 is 12.8 Å². The lowest BCUT2D eigenvalue weighted by molar-refractivity contribution is 0.339. The van der Waals surface area contributed by atoms with Gasteiger partial charge in [-0.05, 0) is 31.4 Å². The van der Waals surface area contributed by atoms with Crippen molar-refractivity contribution >= 4 is 10.0 Å². The normalized spacial score (nSPS) is 28.3. The van der Waals surface area contributed by atoms with Crippen LogP contribution in [0.3, 0.4) is 0 Å². The van der Waals surface area contributed by atoms with Crippen molar-refractivity contribution in [3.05, 3.63) is 24.3 Å². The molecule has 104 valence electrons. The molecular formula is C12H16FN3O2S. The fourth-order valence-corrected chi connectivity index (χ4v) is 4.38. The molecule has 0 aliphatic carbocycles. The smallest absolute Gasteiger partial charge is 0.244 e. The third-order valence-corrected chi connectivity index (χ3v) is 5.68. The van der Waals surface area contributed by atoms with E-state index in [-0.39, 0.29) is 10.9 Å². The molecule has 5 nitrogen and oxygen atoms in total.